The van der Waals surface area contributed by atoms with Crippen LogP contribution in [0.15, 0.2) is 41.5 Å². The maximum absolute atomic E-state index is 12.1. The smallest absolute Gasteiger partial charge is 0.315 e. The molecule has 0 fully saturated rings. The van der Waals surface area contributed by atoms with E-state index in [0.717, 1.165) is 6.07 Å². The number of rotatable bonds is 9. The van der Waals surface area contributed by atoms with Crippen LogP contribution in [0.2, 0.25) is 0 Å². The third-order valence-corrected chi connectivity index (χ3v) is 3.62. The molecule has 29 heavy (non-hydrogen) atoms. The zero-order valence-corrected chi connectivity index (χ0v) is 15.7. The van der Waals surface area contributed by atoms with E-state index in [-0.39, 0.29) is 40.6 Å². The molecule has 0 aliphatic rings. The molecule has 0 heterocycles. The molecule has 2 aromatic carbocycles. The van der Waals surface area contributed by atoms with Gasteiger partial charge in [0.15, 0.2) is 5.75 Å². The summed E-state index contributed by atoms with van der Waals surface area (Å²) in [7, 11) is 1.35. The van der Waals surface area contributed by atoms with Gasteiger partial charge in [-0.1, -0.05) is 13.0 Å². The first kappa shape index (κ1) is 21.3. The molecule has 0 atom stereocenters. The first-order valence-corrected chi connectivity index (χ1v) is 8.44. The van der Waals surface area contributed by atoms with Crippen LogP contribution in [0.5, 0.6) is 11.5 Å². The summed E-state index contributed by atoms with van der Waals surface area (Å²) in [5.74, 6) is -0.509. The highest BCUT2D eigenvalue weighted by atomic mass is 16.6. The number of ether oxygens (including phenoxy) is 2. The number of nitro groups is 2. The molecular weight excluding hydrogens is 384 g/mol. The highest BCUT2D eigenvalue weighted by molar-refractivity contribution is 5.95. The van der Waals surface area contributed by atoms with Crippen molar-refractivity contribution >= 4 is 23.5 Å². The summed E-state index contributed by atoms with van der Waals surface area (Å²) in [6.07, 6.45) is 1.85. The molecule has 0 saturated carbocycles. The van der Waals surface area contributed by atoms with Crippen LogP contribution in [0.1, 0.15) is 29.3 Å². The molecule has 0 aliphatic carbocycles. The molecule has 152 valence electrons. The third kappa shape index (κ3) is 5.48. The lowest BCUT2D eigenvalue weighted by Gasteiger charge is -2.11. The van der Waals surface area contributed by atoms with Gasteiger partial charge in [-0.15, -0.1) is 0 Å². The second kappa shape index (κ2) is 9.78. The van der Waals surface area contributed by atoms with Crippen molar-refractivity contribution < 1.29 is 24.1 Å². The molecule has 0 bridgehead atoms. The molecule has 0 saturated heterocycles. The largest absolute Gasteiger partial charge is 0.493 e. The van der Waals surface area contributed by atoms with Crippen molar-refractivity contribution in [1.29, 1.82) is 0 Å². The van der Waals surface area contributed by atoms with Gasteiger partial charge in [-0.25, -0.2) is 5.43 Å². The van der Waals surface area contributed by atoms with E-state index in [4.69, 9.17) is 9.47 Å². The Hall–Kier alpha value is -4.02. The maximum Gasteiger partial charge on any atom is 0.315 e. The average Bonchev–Trinajstić information content (AvgIpc) is 2.71. The maximum atomic E-state index is 12.1. The van der Waals surface area contributed by atoms with Gasteiger partial charge < -0.3 is 9.47 Å². The Bertz CT molecular complexity index is 959. The van der Waals surface area contributed by atoms with Gasteiger partial charge in [0.1, 0.15) is 0 Å². The lowest BCUT2D eigenvalue weighted by atomic mass is 10.2. The molecule has 11 heteroatoms. The zero-order chi connectivity index (χ0) is 21.4. The Labute approximate surface area is 165 Å². The molecule has 1 N–H and O–H groups in total. The molecule has 0 spiro atoms. The van der Waals surface area contributed by atoms with Gasteiger partial charge in [-0.3, -0.25) is 25.0 Å². The molecule has 11 nitrogen and oxygen atoms in total. The average molecular weight is 402 g/mol. The Kier molecular flexibility index (Phi) is 7.18. The lowest BCUT2D eigenvalue weighted by molar-refractivity contribution is -0.386. The SMILES string of the molecule is CCCOc1c(OC)cc(/C=N/NC(=O)c2cccc([N+](=O)[O-])c2)cc1[N+](=O)[O-]. The van der Waals surface area contributed by atoms with Crippen LogP contribution in [-0.2, 0) is 0 Å². The Morgan fingerprint density at radius 1 is 1.21 bits per heavy atom. The van der Waals surface area contributed by atoms with Crippen molar-refractivity contribution in [2.75, 3.05) is 13.7 Å². The minimum Gasteiger partial charge on any atom is -0.493 e. The topological polar surface area (TPSA) is 146 Å². The van der Waals surface area contributed by atoms with E-state index in [0.29, 0.717) is 6.42 Å². The first-order chi connectivity index (χ1) is 13.9. The molecule has 0 aliphatic heterocycles. The van der Waals surface area contributed by atoms with Gasteiger partial charge in [0, 0.05) is 29.3 Å². The summed E-state index contributed by atoms with van der Waals surface area (Å²) in [5.41, 5.74) is 2.01. The van der Waals surface area contributed by atoms with Gasteiger partial charge in [-0.05, 0) is 18.6 Å². The van der Waals surface area contributed by atoms with Crippen LogP contribution in [0.25, 0.3) is 0 Å². The van der Waals surface area contributed by atoms with E-state index in [1.165, 1.54) is 43.7 Å². The highest BCUT2D eigenvalue weighted by Gasteiger charge is 2.22. The summed E-state index contributed by atoms with van der Waals surface area (Å²) in [6.45, 7) is 2.15. The molecule has 0 aromatic heterocycles. The van der Waals surface area contributed by atoms with Crippen molar-refractivity contribution in [1.82, 2.24) is 5.43 Å². The van der Waals surface area contributed by atoms with Crippen molar-refractivity contribution in [2.24, 2.45) is 5.10 Å². The van der Waals surface area contributed by atoms with Crippen LogP contribution in [0.3, 0.4) is 0 Å². The predicted molar refractivity (Wildman–Crippen MR) is 104 cm³/mol. The van der Waals surface area contributed by atoms with Gasteiger partial charge in [0.05, 0.1) is 29.8 Å². The lowest BCUT2D eigenvalue weighted by Crippen LogP contribution is -2.17. The molecule has 1 amide bonds. The molecule has 0 unspecified atom stereocenters. The van der Waals surface area contributed by atoms with Crippen LogP contribution in [0.4, 0.5) is 11.4 Å². The number of benzene rings is 2. The van der Waals surface area contributed by atoms with E-state index >= 15 is 0 Å². The zero-order valence-electron chi connectivity index (χ0n) is 15.7. The van der Waals surface area contributed by atoms with Crippen molar-refractivity contribution in [3.8, 4) is 11.5 Å². The Balaban J connectivity index is 2.22. The number of nitrogens with one attached hydrogen (secondary N) is 1. The number of amides is 1. The number of non-ortho nitro benzene ring substituents is 1. The van der Waals surface area contributed by atoms with Crippen LogP contribution in [-0.4, -0.2) is 35.7 Å². The van der Waals surface area contributed by atoms with E-state index in [1.54, 1.807) is 0 Å². The summed E-state index contributed by atoms with van der Waals surface area (Å²) in [6, 6.07) is 7.84. The molecule has 0 radical (unpaired) electrons. The van der Waals surface area contributed by atoms with Gasteiger partial charge >= 0.3 is 5.69 Å². The summed E-state index contributed by atoms with van der Waals surface area (Å²) < 4.78 is 10.6. The summed E-state index contributed by atoms with van der Waals surface area (Å²) in [4.78, 5) is 33.0. The molecule has 2 rings (SSSR count). The quantitative estimate of drug-likeness (QED) is 0.385. The van der Waals surface area contributed by atoms with Crippen LogP contribution < -0.4 is 14.9 Å². The minimum atomic E-state index is -0.672. The predicted octanol–water partition coefficient (Wildman–Crippen LogP) is 3.06. The number of nitrogens with zero attached hydrogens (tertiary/aromatic N) is 3. The second-order valence-corrected chi connectivity index (χ2v) is 5.68. The van der Waals surface area contributed by atoms with Crippen molar-refractivity contribution in [3.05, 3.63) is 67.8 Å². The monoisotopic (exact) mass is 402 g/mol. The van der Waals surface area contributed by atoms with Gasteiger partial charge in [0.25, 0.3) is 11.6 Å². The number of nitro benzene ring substituents is 2. The Morgan fingerprint density at radius 3 is 2.59 bits per heavy atom. The standard InChI is InChI=1S/C18H18N4O7/c1-3-7-29-17-15(22(26)27)8-12(9-16(17)28-2)11-19-20-18(23)13-5-4-6-14(10-13)21(24)25/h4-6,8-11H,3,7H2,1-2H3,(H,20,23)/b19-11+. The van der Waals surface area contributed by atoms with E-state index in [1.807, 2.05) is 6.92 Å². The molecule has 2 aromatic rings. The minimum absolute atomic E-state index is 0.0112. The summed E-state index contributed by atoms with van der Waals surface area (Å²) >= 11 is 0. The number of methoxy groups -OCH3 is 1. The normalized spacial score (nSPS) is 10.6. The fourth-order valence-electron chi connectivity index (χ4n) is 2.31. The van der Waals surface area contributed by atoms with E-state index in [9.17, 15) is 25.0 Å². The van der Waals surface area contributed by atoms with Crippen LogP contribution >= 0.6 is 0 Å². The highest BCUT2D eigenvalue weighted by Crippen LogP contribution is 2.38. The van der Waals surface area contributed by atoms with Crippen molar-refractivity contribution in [2.45, 2.75) is 13.3 Å². The fourth-order valence-corrected chi connectivity index (χ4v) is 2.31. The Morgan fingerprint density at radius 2 is 1.97 bits per heavy atom. The fraction of sp³-hybridized carbons (Fsp3) is 0.222. The second-order valence-electron chi connectivity index (χ2n) is 5.68. The molecular formula is C18H18N4O7. The van der Waals surface area contributed by atoms with Crippen LogP contribution in [0, 0.1) is 20.2 Å². The number of carbonyl (C=O) groups is 1. The first-order valence-electron chi connectivity index (χ1n) is 8.44. The summed E-state index contributed by atoms with van der Waals surface area (Å²) in [5, 5.41) is 25.9. The number of hydrogen-bond acceptors (Lipinski definition) is 8. The number of hydrogen-bond donors (Lipinski definition) is 1. The van der Waals surface area contributed by atoms with Crippen molar-refractivity contribution in [3.63, 3.8) is 0 Å². The van der Waals surface area contributed by atoms with E-state index < -0.39 is 15.8 Å². The third-order valence-electron chi connectivity index (χ3n) is 3.62. The van der Waals surface area contributed by atoms with Gasteiger partial charge in [0.2, 0.25) is 5.75 Å². The van der Waals surface area contributed by atoms with E-state index in [2.05, 4.69) is 10.5 Å². The van der Waals surface area contributed by atoms with Gasteiger partial charge in [-0.2, -0.15) is 5.10 Å². The number of hydrazone groups is 1. The number of carbonyl (C=O) groups excluding carboxylic acids is 1.